The molecule has 168 valence electrons. The topological polar surface area (TPSA) is 72.3 Å². The van der Waals surface area contributed by atoms with Crippen LogP contribution in [0.25, 0.3) is 16.7 Å². The summed E-state index contributed by atoms with van der Waals surface area (Å²) in [5, 5.41) is 9.57. The quantitative estimate of drug-likeness (QED) is 0.619. The number of carbonyl (C=O) groups excluding carboxylic acids is 1. The van der Waals surface area contributed by atoms with Crippen molar-refractivity contribution in [2.75, 3.05) is 37.7 Å². The summed E-state index contributed by atoms with van der Waals surface area (Å²) in [7, 11) is 0. The van der Waals surface area contributed by atoms with Crippen molar-refractivity contribution in [3.8, 4) is 5.69 Å². The third-order valence-electron chi connectivity index (χ3n) is 6.65. The van der Waals surface area contributed by atoms with E-state index in [1.54, 1.807) is 0 Å². The number of benzene rings is 1. The summed E-state index contributed by atoms with van der Waals surface area (Å²) in [6, 6.07) is 10.1. The molecule has 2 atom stereocenters. The van der Waals surface area contributed by atoms with Crippen LogP contribution in [-0.2, 0) is 4.74 Å². The number of nitrogens with one attached hydrogen (secondary N) is 1. The van der Waals surface area contributed by atoms with Gasteiger partial charge in [0.2, 0.25) is 0 Å². The van der Waals surface area contributed by atoms with E-state index in [1.807, 2.05) is 29.8 Å². The summed E-state index contributed by atoms with van der Waals surface area (Å²) in [4.78, 5) is 20.0. The highest BCUT2D eigenvalue weighted by Crippen LogP contribution is 2.39. The molecule has 4 heterocycles. The van der Waals surface area contributed by atoms with Crippen LogP contribution in [-0.4, -0.2) is 53.5 Å². The van der Waals surface area contributed by atoms with Crippen molar-refractivity contribution in [3.05, 3.63) is 47.3 Å². The maximum atomic E-state index is 12.8. The Kier molecular flexibility index (Phi) is 5.37. The minimum atomic E-state index is -0.389. The van der Waals surface area contributed by atoms with E-state index in [0.29, 0.717) is 24.1 Å². The Hall–Kier alpha value is -2.93. The minimum absolute atomic E-state index is 0.223. The predicted octanol–water partition coefficient (Wildman–Crippen LogP) is 3.68. The number of anilines is 1. The largest absolute Gasteiger partial charge is 0.461 e. The molecule has 32 heavy (non-hydrogen) atoms. The molecule has 0 saturated carbocycles. The highest BCUT2D eigenvalue weighted by Gasteiger charge is 2.38. The van der Waals surface area contributed by atoms with Gasteiger partial charge in [0.15, 0.2) is 11.3 Å². The van der Waals surface area contributed by atoms with Gasteiger partial charge in [0.05, 0.1) is 29.1 Å². The Morgan fingerprint density at radius 1 is 1.22 bits per heavy atom. The number of ether oxygens (including phenoxy) is 1. The van der Waals surface area contributed by atoms with Crippen LogP contribution in [0.5, 0.6) is 0 Å². The molecule has 7 heteroatoms. The van der Waals surface area contributed by atoms with Gasteiger partial charge in [-0.3, -0.25) is 0 Å². The number of carbonyl (C=O) groups is 1. The van der Waals surface area contributed by atoms with Crippen LogP contribution in [0, 0.1) is 18.8 Å². The van der Waals surface area contributed by atoms with E-state index in [2.05, 4.69) is 43.1 Å². The van der Waals surface area contributed by atoms with Gasteiger partial charge >= 0.3 is 5.97 Å². The van der Waals surface area contributed by atoms with Gasteiger partial charge in [-0.1, -0.05) is 26.0 Å². The molecule has 3 aromatic rings. The molecule has 5 rings (SSSR count). The van der Waals surface area contributed by atoms with Gasteiger partial charge in [-0.2, -0.15) is 5.10 Å². The molecule has 2 unspecified atom stereocenters. The zero-order valence-electron chi connectivity index (χ0n) is 19.3. The molecule has 2 fully saturated rings. The number of esters is 1. The first-order chi connectivity index (χ1) is 15.5. The molecule has 0 aliphatic carbocycles. The maximum Gasteiger partial charge on any atom is 0.357 e. The second-order valence-electron chi connectivity index (χ2n) is 9.32. The Balaban J connectivity index is 1.74. The molecule has 7 nitrogen and oxygen atoms in total. The number of pyridine rings is 1. The van der Waals surface area contributed by atoms with Crippen molar-refractivity contribution in [1.29, 1.82) is 0 Å². The summed E-state index contributed by atoms with van der Waals surface area (Å²) < 4.78 is 7.22. The molecule has 0 amide bonds. The minimum Gasteiger partial charge on any atom is -0.461 e. The number of aryl methyl sites for hydroxylation is 1. The lowest BCUT2D eigenvalue weighted by Crippen LogP contribution is -2.26. The number of hydrogen-bond donors (Lipinski definition) is 1. The van der Waals surface area contributed by atoms with Gasteiger partial charge in [-0.25, -0.2) is 14.5 Å². The normalized spacial score (nSPS) is 20.3. The summed E-state index contributed by atoms with van der Waals surface area (Å²) in [6.45, 7) is 12.6. The standard InChI is InChI=1S/C25H31N5O2/c1-5-32-25(31)20-10-21(29-13-17-11-26-12-18(17)14-29)22-23(15(2)3)28-30(24(22)27-20)19-8-6-7-16(4)9-19/h6-10,15,17-18,26H,5,11-14H2,1-4H3. The smallest absolute Gasteiger partial charge is 0.357 e. The third-order valence-corrected chi connectivity index (χ3v) is 6.65. The molecule has 0 radical (unpaired) electrons. The van der Waals surface area contributed by atoms with Crippen molar-refractivity contribution in [1.82, 2.24) is 20.1 Å². The highest BCUT2D eigenvalue weighted by molar-refractivity contribution is 5.99. The van der Waals surface area contributed by atoms with Crippen molar-refractivity contribution in [2.24, 2.45) is 11.8 Å². The first-order valence-corrected chi connectivity index (χ1v) is 11.6. The fourth-order valence-electron chi connectivity index (χ4n) is 5.08. The fraction of sp³-hybridized carbons (Fsp3) is 0.480. The van der Waals surface area contributed by atoms with Crippen LogP contribution in [0.1, 0.15) is 48.4 Å². The zero-order valence-corrected chi connectivity index (χ0v) is 19.3. The van der Waals surface area contributed by atoms with E-state index in [0.717, 1.165) is 59.8 Å². The number of hydrogen-bond acceptors (Lipinski definition) is 6. The Morgan fingerprint density at radius 2 is 1.97 bits per heavy atom. The van der Waals surface area contributed by atoms with Crippen molar-refractivity contribution in [2.45, 2.75) is 33.6 Å². The maximum absolute atomic E-state index is 12.8. The molecule has 2 aliphatic rings. The fourth-order valence-corrected chi connectivity index (χ4v) is 5.08. The van der Waals surface area contributed by atoms with Gasteiger partial charge in [-0.15, -0.1) is 0 Å². The summed E-state index contributed by atoms with van der Waals surface area (Å²) in [6.07, 6.45) is 0. The molecular formula is C25H31N5O2. The number of fused-ring (bicyclic) bond motifs is 2. The second kappa shape index (κ2) is 8.20. The zero-order chi connectivity index (χ0) is 22.4. The van der Waals surface area contributed by atoms with Gasteiger partial charge in [0.25, 0.3) is 0 Å². The average molecular weight is 434 g/mol. The SMILES string of the molecule is CCOC(=O)c1cc(N2CC3CNCC3C2)c2c(C(C)C)nn(-c3cccc(C)c3)c2n1. The van der Waals surface area contributed by atoms with E-state index in [9.17, 15) is 4.79 Å². The second-order valence-corrected chi connectivity index (χ2v) is 9.32. The van der Waals surface area contributed by atoms with Gasteiger partial charge < -0.3 is 15.0 Å². The molecule has 2 aromatic heterocycles. The van der Waals surface area contributed by atoms with Crippen molar-refractivity contribution < 1.29 is 9.53 Å². The molecule has 2 saturated heterocycles. The highest BCUT2D eigenvalue weighted by atomic mass is 16.5. The van der Waals surface area contributed by atoms with Crippen LogP contribution in [0.4, 0.5) is 5.69 Å². The first-order valence-electron chi connectivity index (χ1n) is 11.6. The molecule has 1 aromatic carbocycles. The monoisotopic (exact) mass is 433 g/mol. The lowest BCUT2D eigenvalue weighted by molar-refractivity contribution is 0.0520. The summed E-state index contributed by atoms with van der Waals surface area (Å²) >= 11 is 0. The average Bonchev–Trinajstić information content (AvgIpc) is 3.46. The molecule has 1 N–H and O–H groups in total. The van der Waals surface area contributed by atoms with E-state index < -0.39 is 0 Å². The third kappa shape index (κ3) is 3.54. The molecular weight excluding hydrogens is 402 g/mol. The predicted molar refractivity (Wildman–Crippen MR) is 126 cm³/mol. The lowest BCUT2D eigenvalue weighted by atomic mass is 10.0. The lowest BCUT2D eigenvalue weighted by Gasteiger charge is -2.22. The van der Waals surface area contributed by atoms with Crippen LogP contribution >= 0.6 is 0 Å². The Labute approximate surface area is 188 Å². The van der Waals surface area contributed by atoms with Gasteiger partial charge in [0.1, 0.15) is 0 Å². The van der Waals surface area contributed by atoms with Crippen LogP contribution in [0.15, 0.2) is 30.3 Å². The number of rotatable bonds is 5. The van der Waals surface area contributed by atoms with Crippen LogP contribution < -0.4 is 10.2 Å². The number of aromatic nitrogens is 3. The molecule has 0 spiro atoms. The van der Waals surface area contributed by atoms with Crippen molar-refractivity contribution >= 4 is 22.7 Å². The first kappa shape index (κ1) is 20.9. The van der Waals surface area contributed by atoms with Crippen molar-refractivity contribution in [3.63, 3.8) is 0 Å². The summed E-state index contributed by atoms with van der Waals surface area (Å²) in [5.41, 5.74) is 5.22. The van der Waals surface area contributed by atoms with Crippen LogP contribution in [0.2, 0.25) is 0 Å². The van der Waals surface area contributed by atoms with E-state index in [4.69, 9.17) is 14.8 Å². The van der Waals surface area contributed by atoms with Crippen LogP contribution in [0.3, 0.4) is 0 Å². The molecule has 0 bridgehead atoms. The van der Waals surface area contributed by atoms with E-state index >= 15 is 0 Å². The van der Waals surface area contributed by atoms with Gasteiger partial charge in [0, 0.05) is 26.2 Å². The summed E-state index contributed by atoms with van der Waals surface area (Å²) in [5.74, 6) is 1.11. The molecule has 2 aliphatic heterocycles. The van der Waals surface area contributed by atoms with E-state index in [1.165, 1.54) is 0 Å². The number of nitrogens with zero attached hydrogens (tertiary/aromatic N) is 4. The Bertz CT molecular complexity index is 1160. The Morgan fingerprint density at radius 3 is 2.62 bits per heavy atom. The van der Waals surface area contributed by atoms with Gasteiger partial charge in [-0.05, 0) is 55.4 Å². The van der Waals surface area contributed by atoms with E-state index in [-0.39, 0.29) is 11.9 Å².